The number of anilines is 2. The van der Waals surface area contributed by atoms with Crippen molar-refractivity contribution in [3.8, 4) is 0 Å². The average molecular weight is 392 g/mol. The predicted octanol–water partition coefficient (Wildman–Crippen LogP) is 3.42. The van der Waals surface area contributed by atoms with Gasteiger partial charge in [-0.3, -0.25) is 9.59 Å². The number of fused-ring (bicyclic) bond motifs is 1. The van der Waals surface area contributed by atoms with E-state index in [-0.39, 0.29) is 29.7 Å². The SMILES string of the molecule is CCOC(=O)c1ccc(NC(=O)C2CC2C(=O)N2c3ccccc3CC2C)cc1. The molecule has 2 aliphatic rings. The molecule has 3 atom stereocenters. The van der Waals surface area contributed by atoms with Crippen LogP contribution in [0.15, 0.2) is 48.5 Å². The van der Waals surface area contributed by atoms with Crippen molar-refractivity contribution in [3.05, 3.63) is 59.7 Å². The number of hydrogen-bond acceptors (Lipinski definition) is 4. The number of benzene rings is 2. The summed E-state index contributed by atoms with van der Waals surface area (Å²) in [6.07, 6.45) is 1.41. The zero-order valence-corrected chi connectivity index (χ0v) is 16.6. The Bertz CT molecular complexity index is 954. The van der Waals surface area contributed by atoms with Crippen LogP contribution in [-0.4, -0.2) is 30.4 Å². The average Bonchev–Trinajstić information content (AvgIpc) is 3.44. The van der Waals surface area contributed by atoms with E-state index in [2.05, 4.69) is 11.4 Å². The highest BCUT2D eigenvalue weighted by atomic mass is 16.5. The van der Waals surface area contributed by atoms with Gasteiger partial charge in [0.2, 0.25) is 11.8 Å². The first-order chi connectivity index (χ1) is 14.0. The molecule has 1 heterocycles. The van der Waals surface area contributed by atoms with Crippen molar-refractivity contribution in [2.45, 2.75) is 32.7 Å². The fraction of sp³-hybridized carbons (Fsp3) is 0.348. The van der Waals surface area contributed by atoms with Crippen LogP contribution in [0, 0.1) is 11.8 Å². The van der Waals surface area contributed by atoms with Gasteiger partial charge in [0.1, 0.15) is 0 Å². The summed E-state index contributed by atoms with van der Waals surface area (Å²) in [5.74, 6) is -1.11. The number of amides is 2. The standard InChI is InChI=1S/C23H24N2O4/c1-3-29-23(28)15-8-10-17(11-9-15)24-21(26)18-13-19(18)22(27)25-14(2)12-16-6-4-5-7-20(16)25/h4-11,14,18-19H,3,12-13H2,1-2H3,(H,24,26). The quantitative estimate of drug-likeness (QED) is 0.791. The molecule has 0 saturated heterocycles. The van der Waals surface area contributed by atoms with Gasteiger partial charge in [-0.15, -0.1) is 0 Å². The molecule has 29 heavy (non-hydrogen) atoms. The maximum atomic E-state index is 13.0. The highest BCUT2D eigenvalue weighted by molar-refractivity contribution is 6.05. The molecule has 150 valence electrons. The lowest BCUT2D eigenvalue weighted by atomic mass is 10.1. The van der Waals surface area contributed by atoms with Gasteiger partial charge in [-0.2, -0.15) is 0 Å². The van der Waals surface area contributed by atoms with Gasteiger partial charge in [0.25, 0.3) is 0 Å². The molecule has 2 aromatic carbocycles. The van der Waals surface area contributed by atoms with Gasteiger partial charge in [0, 0.05) is 17.4 Å². The van der Waals surface area contributed by atoms with Crippen molar-refractivity contribution in [2.24, 2.45) is 11.8 Å². The summed E-state index contributed by atoms with van der Waals surface area (Å²) in [5, 5.41) is 2.85. The van der Waals surface area contributed by atoms with Gasteiger partial charge in [0.15, 0.2) is 0 Å². The Morgan fingerprint density at radius 2 is 1.79 bits per heavy atom. The van der Waals surface area contributed by atoms with Crippen molar-refractivity contribution in [3.63, 3.8) is 0 Å². The fourth-order valence-corrected chi connectivity index (χ4v) is 3.98. The van der Waals surface area contributed by atoms with Crippen LogP contribution in [0.4, 0.5) is 11.4 Å². The fourth-order valence-electron chi connectivity index (χ4n) is 3.98. The van der Waals surface area contributed by atoms with Crippen LogP contribution in [-0.2, 0) is 20.7 Å². The number of nitrogens with zero attached hydrogens (tertiary/aromatic N) is 1. The van der Waals surface area contributed by atoms with Crippen LogP contribution in [0.1, 0.15) is 36.2 Å². The van der Waals surface area contributed by atoms with Crippen LogP contribution < -0.4 is 10.2 Å². The minimum absolute atomic E-state index is 0.0280. The molecule has 0 aromatic heterocycles. The molecular formula is C23H24N2O4. The zero-order valence-electron chi connectivity index (χ0n) is 16.6. The molecule has 0 spiro atoms. The van der Waals surface area contributed by atoms with Gasteiger partial charge in [-0.05, 0) is 62.6 Å². The Morgan fingerprint density at radius 1 is 1.07 bits per heavy atom. The summed E-state index contributed by atoms with van der Waals surface area (Å²) >= 11 is 0. The lowest BCUT2D eigenvalue weighted by molar-refractivity contribution is -0.123. The molecule has 1 N–H and O–H groups in total. The second-order valence-corrected chi connectivity index (χ2v) is 7.63. The van der Waals surface area contributed by atoms with Gasteiger partial charge in [-0.25, -0.2) is 4.79 Å². The number of esters is 1. The lowest BCUT2D eigenvalue weighted by Gasteiger charge is -2.23. The van der Waals surface area contributed by atoms with Gasteiger partial charge in [0.05, 0.1) is 24.0 Å². The first kappa shape index (κ1) is 19.2. The van der Waals surface area contributed by atoms with E-state index in [9.17, 15) is 14.4 Å². The summed E-state index contributed by atoms with van der Waals surface area (Å²) in [6, 6.07) is 14.6. The van der Waals surface area contributed by atoms with Crippen molar-refractivity contribution in [2.75, 3.05) is 16.8 Å². The Labute approximate surface area is 169 Å². The highest BCUT2D eigenvalue weighted by Crippen LogP contribution is 2.44. The molecule has 1 fully saturated rings. The third-order valence-electron chi connectivity index (χ3n) is 5.55. The minimum atomic E-state index is -0.391. The minimum Gasteiger partial charge on any atom is -0.462 e. The molecule has 4 rings (SSSR count). The summed E-state index contributed by atoms with van der Waals surface area (Å²) in [7, 11) is 0. The summed E-state index contributed by atoms with van der Waals surface area (Å²) in [5.41, 5.74) is 3.18. The molecule has 2 aromatic rings. The van der Waals surface area contributed by atoms with Gasteiger partial charge in [-0.1, -0.05) is 18.2 Å². The number of rotatable bonds is 5. The first-order valence-corrected chi connectivity index (χ1v) is 9.98. The second kappa shape index (κ2) is 7.70. The Balaban J connectivity index is 1.37. The van der Waals surface area contributed by atoms with Crippen molar-refractivity contribution in [1.29, 1.82) is 0 Å². The first-order valence-electron chi connectivity index (χ1n) is 9.98. The largest absolute Gasteiger partial charge is 0.462 e. The molecular weight excluding hydrogens is 368 g/mol. The normalized spacial score (nSPS) is 22.0. The van der Waals surface area contributed by atoms with Crippen LogP contribution >= 0.6 is 0 Å². The Kier molecular flexibility index (Phi) is 5.09. The third kappa shape index (κ3) is 3.75. The summed E-state index contributed by atoms with van der Waals surface area (Å²) < 4.78 is 4.95. The second-order valence-electron chi connectivity index (χ2n) is 7.63. The number of carbonyl (C=O) groups is 3. The lowest BCUT2D eigenvalue weighted by Crippen LogP contribution is -2.37. The van der Waals surface area contributed by atoms with Crippen LogP contribution in [0.3, 0.4) is 0 Å². The van der Waals surface area contributed by atoms with E-state index in [1.807, 2.05) is 30.0 Å². The smallest absolute Gasteiger partial charge is 0.338 e. The maximum absolute atomic E-state index is 13.0. The highest BCUT2D eigenvalue weighted by Gasteiger charge is 2.51. The molecule has 3 unspecified atom stereocenters. The topological polar surface area (TPSA) is 75.7 Å². The van der Waals surface area contributed by atoms with Crippen LogP contribution in [0.5, 0.6) is 0 Å². The van der Waals surface area contributed by atoms with E-state index in [4.69, 9.17) is 4.74 Å². The van der Waals surface area contributed by atoms with Crippen molar-refractivity contribution >= 4 is 29.2 Å². The number of hydrogen-bond donors (Lipinski definition) is 1. The van der Waals surface area contributed by atoms with E-state index >= 15 is 0 Å². The zero-order chi connectivity index (χ0) is 20.5. The van der Waals surface area contributed by atoms with Gasteiger partial charge < -0.3 is 15.0 Å². The van der Waals surface area contributed by atoms with Crippen LogP contribution in [0.25, 0.3) is 0 Å². The Morgan fingerprint density at radius 3 is 2.52 bits per heavy atom. The number of ether oxygens (including phenoxy) is 1. The van der Waals surface area contributed by atoms with E-state index < -0.39 is 5.97 Å². The molecule has 6 nitrogen and oxygen atoms in total. The van der Waals surface area contributed by atoms with E-state index in [0.29, 0.717) is 24.3 Å². The molecule has 6 heteroatoms. The van der Waals surface area contributed by atoms with Crippen LogP contribution in [0.2, 0.25) is 0 Å². The molecule has 0 radical (unpaired) electrons. The number of nitrogens with one attached hydrogen (secondary N) is 1. The molecule has 1 aliphatic carbocycles. The monoisotopic (exact) mass is 392 g/mol. The summed E-state index contributed by atoms with van der Waals surface area (Å²) in [6.45, 7) is 4.11. The van der Waals surface area contributed by atoms with Crippen molar-refractivity contribution in [1.82, 2.24) is 0 Å². The van der Waals surface area contributed by atoms with E-state index in [1.54, 1.807) is 31.2 Å². The Hall–Kier alpha value is -3.15. The maximum Gasteiger partial charge on any atom is 0.338 e. The van der Waals surface area contributed by atoms with Gasteiger partial charge >= 0.3 is 5.97 Å². The third-order valence-corrected chi connectivity index (χ3v) is 5.55. The molecule has 1 saturated carbocycles. The number of para-hydroxylation sites is 1. The van der Waals surface area contributed by atoms with Crippen molar-refractivity contribution < 1.29 is 19.1 Å². The van der Waals surface area contributed by atoms with E-state index in [1.165, 1.54) is 5.56 Å². The molecule has 1 aliphatic heterocycles. The van der Waals surface area contributed by atoms with E-state index in [0.717, 1.165) is 12.1 Å². The summed E-state index contributed by atoms with van der Waals surface area (Å²) in [4.78, 5) is 39.2. The number of carbonyl (C=O) groups excluding carboxylic acids is 3. The predicted molar refractivity (Wildman–Crippen MR) is 110 cm³/mol. The molecule has 2 amide bonds. The molecule has 0 bridgehead atoms.